The van der Waals surface area contributed by atoms with Crippen LogP contribution < -0.4 is 20.7 Å². The first-order chi connectivity index (χ1) is 25.1. The Bertz CT molecular complexity index is 2480. The predicted octanol–water partition coefficient (Wildman–Crippen LogP) is 7.21. The molecule has 6 aromatic rings. The molecule has 262 valence electrons. The fourth-order valence-electron chi connectivity index (χ4n) is 8.41. The molecule has 12 heteroatoms. The minimum absolute atomic E-state index is 0.0257. The summed E-state index contributed by atoms with van der Waals surface area (Å²) in [6, 6.07) is 17.0. The third-order valence-corrected chi connectivity index (χ3v) is 12.5. The highest BCUT2D eigenvalue weighted by atomic mass is 79.9. The minimum Gasteiger partial charge on any atom is -0.469 e. The average Bonchev–Trinajstić information content (AvgIpc) is 3.95. The molecule has 0 fully saturated rings. The number of aromatic amines is 1. The number of benzene rings is 3. The second kappa shape index (κ2) is 11.1. The van der Waals surface area contributed by atoms with Crippen LogP contribution in [0.3, 0.4) is 0 Å². The molecular formula is C40H35BrN6O5. The van der Waals surface area contributed by atoms with Crippen molar-refractivity contribution < 1.29 is 23.2 Å². The lowest BCUT2D eigenvalue weighted by atomic mass is 9.72. The number of ether oxygens (including phenoxy) is 1. The van der Waals surface area contributed by atoms with Crippen LogP contribution in [0.25, 0.3) is 44.9 Å². The number of rotatable bonds is 4. The number of fused-ring (bicyclic) bond motifs is 7. The molecule has 4 N–H and O–H groups in total. The summed E-state index contributed by atoms with van der Waals surface area (Å²) in [5.41, 5.74) is 6.89. The number of halogens is 1. The van der Waals surface area contributed by atoms with Gasteiger partial charge in [-0.3, -0.25) is 9.59 Å². The topological polar surface area (TPSA) is 147 Å². The Hall–Kier alpha value is -5.36. The summed E-state index contributed by atoms with van der Waals surface area (Å²) in [6.45, 7) is 7.91. The standard InChI is InChI=1S/C40H35BrN6O5/c1-17(2)30(41)36(49)44-26-14-19-11-12-27-24(13-19)40-23-9-5-8-21(32(23)47-39(40)51-27)20-7-6-10-25-29(20)22(15-42-25)28-16-43-37(50-28)33-34(40)52-38(46-33)31(18(3)4)45-35(26)48/h5-13,15-18,26,30-31,39,42,47H,14H2,1-4H3,(H,44,49)(H,45,48)/t26?,30?,31-,39?,40?/m0/s1. The van der Waals surface area contributed by atoms with E-state index in [0.29, 0.717) is 34.7 Å². The molecular weight excluding hydrogens is 724 g/mol. The summed E-state index contributed by atoms with van der Waals surface area (Å²) < 4.78 is 20.5. The van der Waals surface area contributed by atoms with Gasteiger partial charge in [0.2, 0.25) is 23.6 Å². The highest BCUT2D eigenvalue weighted by molar-refractivity contribution is 9.10. The van der Waals surface area contributed by atoms with Gasteiger partial charge in [0.25, 0.3) is 0 Å². The first-order valence-electron chi connectivity index (χ1n) is 17.7. The molecule has 5 atom stereocenters. The first kappa shape index (κ1) is 31.4. The van der Waals surface area contributed by atoms with Gasteiger partial charge in [-0.15, -0.1) is 0 Å². The van der Waals surface area contributed by atoms with E-state index in [1.165, 1.54) is 0 Å². The van der Waals surface area contributed by atoms with E-state index in [2.05, 4.69) is 73.3 Å². The van der Waals surface area contributed by atoms with Crippen molar-refractivity contribution in [2.45, 2.75) is 62.7 Å². The molecule has 4 unspecified atom stereocenters. The number of nitrogens with zero attached hydrogens (tertiary/aromatic N) is 2. The van der Waals surface area contributed by atoms with E-state index in [1.807, 2.05) is 52.1 Å². The molecule has 11 nitrogen and oxygen atoms in total. The molecule has 0 saturated heterocycles. The molecule has 3 aromatic carbocycles. The molecule has 10 rings (SSSR count). The van der Waals surface area contributed by atoms with Gasteiger partial charge in [-0.1, -0.05) is 86.1 Å². The van der Waals surface area contributed by atoms with Crippen molar-refractivity contribution >= 4 is 44.3 Å². The van der Waals surface area contributed by atoms with Gasteiger partial charge in [0, 0.05) is 51.5 Å². The summed E-state index contributed by atoms with van der Waals surface area (Å²) in [5, 5.41) is 11.0. The lowest BCUT2D eigenvalue weighted by molar-refractivity contribution is -0.129. The maximum absolute atomic E-state index is 14.2. The molecule has 52 heavy (non-hydrogen) atoms. The second-order valence-electron chi connectivity index (χ2n) is 14.8. The fraction of sp³-hybridized carbons (Fsp3) is 0.300. The fourth-order valence-corrected chi connectivity index (χ4v) is 8.54. The number of H-pyrrole nitrogens is 1. The van der Waals surface area contributed by atoms with Crippen LogP contribution in [0, 0.1) is 11.8 Å². The maximum Gasteiger partial charge on any atom is 0.249 e. The number of oxazole rings is 2. The van der Waals surface area contributed by atoms with Gasteiger partial charge in [-0.25, -0.2) is 9.97 Å². The highest BCUT2D eigenvalue weighted by Gasteiger charge is 2.61. The predicted molar refractivity (Wildman–Crippen MR) is 198 cm³/mol. The number of carbonyl (C=O) groups is 2. The van der Waals surface area contributed by atoms with E-state index in [9.17, 15) is 9.59 Å². The molecule has 2 amide bonds. The zero-order valence-corrected chi connectivity index (χ0v) is 30.4. The number of para-hydroxylation sites is 1. The van der Waals surface area contributed by atoms with Crippen molar-refractivity contribution in [3.05, 3.63) is 95.3 Å². The quantitative estimate of drug-likeness (QED) is 0.138. The summed E-state index contributed by atoms with van der Waals surface area (Å²) in [7, 11) is 0. The van der Waals surface area contributed by atoms with E-state index < -0.39 is 28.6 Å². The number of carbonyl (C=O) groups excluding carboxylic acids is 2. The average molecular weight is 760 g/mol. The van der Waals surface area contributed by atoms with E-state index in [1.54, 1.807) is 6.20 Å². The number of alkyl halides is 1. The normalized spacial score (nSPS) is 22.6. The zero-order chi connectivity index (χ0) is 35.6. The number of nitrogens with one attached hydrogen (secondary N) is 4. The summed E-state index contributed by atoms with van der Waals surface area (Å²) in [4.78, 5) is 40.5. The third kappa shape index (κ3) is 4.24. The van der Waals surface area contributed by atoms with E-state index >= 15 is 0 Å². The lowest BCUT2D eigenvalue weighted by Crippen LogP contribution is -2.51. The second-order valence-corrected chi connectivity index (χ2v) is 15.8. The summed E-state index contributed by atoms with van der Waals surface area (Å²) >= 11 is 3.52. The third-order valence-electron chi connectivity index (χ3n) is 11.0. The van der Waals surface area contributed by atoms with E-state index in [-0.39, 0.29) is 30.1 Å². The first-order valence-corrected chi connectivity index (χ1v) is 18.6. The summed E-state index contributed by atoms with van der Waals surface area (Å²) in [5.74, 6) is 1.69. The van der Waals surface area contributed by atoms with Gasteiger partial charge in [-0.05, 0) is 35.1 Å². The van der Waals surface area contributed by atoms with Gasteiger partial charge in [-0.2, -0.15) is 0 Å². The number of amides is 2. The van der Waals surface area contributed by atoms with Crippen molar-refractivity contribution in [2.24, 2.45) is 11.8 Å². The Balaban J connectivity index is 1.28. The highest BCUT2D eigenvalue weighted by Crippen LogP contribution is 2.61. The number of hydrogen-bond acceptors (Lipinski definition) is 8. The van der Waals surface area contributed by atoms with E-state index in [0.717, 1.165) is 50.0 Å². The minimum atomic E-state index is -1.03. The van der Waals surface area contributed by atoms with Crippen LogP contribution in [-0.4, -0.2) is 43.9 Å². The van der Waals surface area contributed by atoms with Crippen molar-refractivity contribution in [1.29, 1.82) is 0 Å². The van der Waals surface area contributed by atoms with Crippen LogP contribution in [0.4, 0.5) is 5.69 Å². The van der Waals surface area contributed by atoms with Crippen molar-refractivity contribution in [3.8, 4) is 39.8 Å². The smallest absolute Gasteiger partial charge is 0.249 e. The van der Waals surface area contributed by atoms with Crippen molar-refractivity contribution in [3.63, 3.8) is 0 Å². The Morgan fingerprint density at radius 1 is 1.00 bits per heavy atom. The molecule has 3 aromatic heterocycles. The molecule has 10 bridgehead atoms. The largest absolute Gasteiger partial charge is 0.469 e. The number of anilines is 1. The van der Waals surface area contributed by atoms with Crippen LogP contribution >= 0.6 is 15.9 Å². The lowest BCUT2D eigenvalue weighted by Gasteiger charge is -2.29. The van der Waals surface area contributed by atoms with Gasteiger partial charge >= 0.3 is 0 Å². The Kier molecular flexibility index (Phi) is 6.68. The van der Waals surface area contributed by atoms with Crippen molar-refractivity contribution in [1.82, 2.24) is 25.6 Å². The molecule has 0 saturated carbocycles. The Morgan fingerprint density at radius 2 is 1.83 bits per heavy atom. The van der Waals surface area contributed by atoms with Gasteiger partial charge < -0.3 is 34.5 Å². The molecule has 0 radical (unpaired) electrons. The monoisotopic (exact) mass is 758 g/mol. The van der Waals surface area contributed by atoms with Gasteiger partial charge in [0.15, 0.2) is 23.4 Å². The molecule has 4 aliphatic rings. The Labute approximate surface area is 307 Å². The molecule has 7 heterocycles. The van der Waals surface area contributed by atoms with Crippen LogP contribution in [0.15, 0.2) is 75.8 Å². The van der Waals surface area contributed by atoms with Gasteiger partial charge in [0.1, 0.15) is 23.2 Å². The maximum atomic E-state index is 14.2. The molecule has 0 aliphatic carbocycles. The van der Waals surface area contributed by atoms with Crippen LogP contribution in [0.1, 0.15) is 62.1 Å². The van der Waals surface area contributed by atoms with Crippen LogP contribution in [-0.2, 0) is 21.4 Å². The van der Waals surface area contributed by atoms with Crippen LogP contribution in [0.5, 0.6) is 5.75 Å². The van der Waals surface area contributed by atoms with Crippen molar-refractivity contribution in [2.75, 3.05) is 5.32 Å². The number of aromatic nitrogens is 3. The molecule has 1 spiro atoms. The summed E-state index contributed by atoms with van der Waals surface area (Å²) in [6.07, 6.45) is 3.32. The van der Waals surface area contributed by atoms with E-state index in [4.69, 9.17) is 23.5 Å². The van der Waals surface area contributed by atoms with Gasteiger partial charge in [0.05, 0.1) is 11.0 Å². The zero-order valence-electron chi connectivity index (χ0n) is 28.8. The Morgan fingerprint density at radius 3 is 2.65 bits per heavy atom. The molecule has 4 aliphatic heterocycles. The SMILES string of the molecule is CC(C)C(Br)C(=O)NC1Cc2ccc3c(c2)C24c5cccc(c5NC2O3)-c2cccc3[nH]cc(c23)-c2cnc(o2)-c2nc(oc24)[C@H](C(C)C)NC1=O. The van der Waals surface area contributed by atoms with Crippen LogP contribution in [0.2, 0.25) is 0 Å². The number of hydrogen-bond donors (Lipinski definition) is 4.